The molecule has 0 bridgehead atoms. The van der Waals surface area contributed by atoms with E-state index in [1.807, 2.05) is 41.3 Å². The molecule has 26 heavy (non-hydrogen) atoms. The van der Waals surface area contributed by atoms with E-state index in [4.69, 9.17) is 0 Å². The van der Waals surface area contributed by atoms with E-state index in [1.54, 1.807) is 6.07 Å². The first-order valence-corrected chi connectivity index (χ1v) is 9.07. The summed E-state index contributed by atoms with van der Waals surface area (Å²) in [6, 6.07) is 13.5. The third-order valence-corrected chi connectivity index (χ3v) is 5.56. The van der Waals surface area contributed by atoms with E-state index in [0.717, 1.165) is 37.2 Å². The van der Waals surface area contributed by atoms with Crippen LogP contribution >= 0.6 is 0 Å². The largest absolute Gasteiger partial charge is 0.337 e. The second-order valence-electron chi connectivity index (χ2n) is 7.46. The van der Waals surface area contributed by atoms with Gasteiger partial charge in [-0.2, -0.15) is 0 Å². The van der Waals surface area contributed by atoms with E-state index in [1.165, 1.54) is 0 Å². The molecule has 6 nitrogen and oxygen atoms in total. The fraction of sp³-hybridized carbons (Fsp3) is 0.350. The third kappa shape index (κ3) is 2.57. The molecule has 2 fully saturated rings. The number of likely N-dealkylation sites (tertiary alicyclic amines) is 2. The predicted octanol–water partition coefficient (Wildman–Crippen LogP) is 2.26. The van der Waals surface area contributed by atoms with Gasteiger partial charge in [-0.3, -0.25) is 4.79 Å². The minimum Gasteiger partial charge on any atom is -0.337 e. The zero-order chi connectivity index (χ0) is 17.7. The molecule has 2 aliphatic rings. The summed E-state index contributed by atoms with van der Waals surface area (Å²) < 4.78 is 0. The molecule has 132 valence electrons. The first-order valence-electron chi connectivity index (χ1n) is 9.07. The summed E-state index contributed by atoms with van der Waals surface area (Å²) >= 11 is 0. The van der Waals surface area contributed by atoms with Crippen molar-refractivity contribution in [3.63, 3.8) is 0 Å². The summed E-state index contributed by atoms with van der Waals surface area (Å²) in [5.41, 5.74) is 3.07. The predicted molar refractivity (Wildman–Crippen MR) is 99.7 cm³/mol. The maximum Gasteiger partial charge on any atom is 0.272 e. The lowest BCUT2D eigenvalue weighted by Gasteiger charge is -2.19. The summed E-state index contributed by atoms with van der Waals surface area (Å²) in [6.45, 7) is 3.84. The Morgan fingerprint density at radius 1 is 1.00 bits per heavy atom. The molecule has 2 saturated heterocycles. The number of nitrogens with one attached hydrogen (secondary N) is 1. The molecule has 5 rings (SSSR count). The van der Waals surface area contributed by atoms with Gasteiger partial charge < -0.3 is 14.8 Å². The number of imidazole rings is 1. The second kappa shape index (κ2) is 5.92. The van der Waals surface area contributed by atoms with Crippen LogP contribution in [0.1, 0.15) is 10.5 Å². The summed E-state index contributed by atoms with van der Waals surface area (Å²) in [7, 11) is 2.16. The normalized spacial score (nSPS) is 22.9. The smallest absolute Gasteiger partial charge is 0.272 e. The maximum absolute atomic E-state index is 12.9. The molecule has 1 amide bonds. The van der Waals surface area contributed by atoms with Gasteiger partial charge in [-0.15, -0.1) is 0 Å². The molecule has 6 heteroatoms. The van der Waals surface area contributed by atoms with Crippen molar-refractivity contribution in [2.24, 2.45) is 11.8 Å². The Morgan fingerprint density at radius 2 is 1.77 bits per heavy atom. The number of amides is 1. The van der Waals surface area contributed by atoms with Crippen molar-refractivity contribution in [1.29, 1.82) is 0 Å². The monoisotopic (exact) mass is 347 g/mol. The van der Waals surface area contributed by atoms with E-state index < -0.39 is 0 Å². The molecule has 3 aromatic rings. The fourth-order valence-corrected chi connectivity index (χ4v) is 4.32. The van der Waals surface area contributed by atoms with E-state index in [2.05, 4.69) is 26.9 Å². The zero-order valence-electron chi connectivity index (χ0n) is 14.7. The Kier molecular flexibility index (Phi) is 3.53. The summed E-state index contributed by atoms with van der Waals surface area (Å²) in [5.74, 6) is 1.92. The molecule has 1 aromatic carbocycles. The van der Waals surface area contributed by atoms with Gasteiger partial charge in [0.1, 0.15) is 11.4 Å². The number of fused-ring (bicyclic) bond motifs is 2. The van der Waals surface area contributed by atoms with E-state index in [-0.39, 0.29) is 5.91 Å². The third-order valence-electron chi connectivity index (χ3n) is 5.56. The van der Waals surface area contributed by atoms with Gasteiger partial charge in [0.2, 0.25) is 0 Å². The quantitative estimate of drug-likeness (QED) is 0.772. The molecule has 4 heterocycles. The number of nitrogens with zero attached hydrogens (tertiary/aromatic N) is 4. The van der Waals surface area contributed by atoms with Gasteiger partial charge in [0.15, 0.2) is 5.82 Å². The van der Waals surface area contributed by atoms with E-state index in [9.17, 15) is 4.79 Å². The van der Waals surface area contributed by atoms with Gasteiger partial charge in [0.05, 0.1) is 11.0 Å². The van der Waals surface area contributed by atoms with Crippen LogP contribution in [0.5, 0.6) is 0 Å². The Labute approximate surface area is 151 Å². The van der Waals surface area contributed by atoms with Gasteiger partial charge in [0, 0.05) is 26.2 Å². The molecule has 2 unspecified atom stereocenters. The summed E-state index contributed by atoms with van der Waals surface area (Å²) in [4.78, 5) is 29.7. The van der Waals surface area contributed by atoms with Crippen molar-refractivity contribution in [2.75, 3.05) is 33.2 Å². The van der Waals surface area contributed by atoms with Crippen LogP contribution in [-0.2, 0) is 0 Å². The lowest BCUT2D eigenvalue weighted by Crippen LogP contribution is -2.32. The summed E-state index contributed by atoms with van der Waals surface area (Å²) in [5, 5.41) is 0. The molecular weight excluding hydrogens is 326 g/mol. The minimum atomic E-state index is 0.0278. The number of pyridine rings is 1. The van der Waals surface area contributed by atoms with Gasteiger partial charge in [0.25, 0.3) is 5.91 Å². The standard InChI is InChI=1S/C20H21N5O/c1-24-9-13-11-25(12-14(13)10-24)20(26)18-8-4-7-17(21-18)19-22-15-5-2-3-6-16(15)23-19/h2-8,13-14H,9-12H2,1H3,(H,22,23). The number of aromatic amines is 1. The molecule has 0 saturated carbocycles. The van der Waals surface area contributed by atoms with E-state index in [0.29, 0.717) is 29.0 Å². The number of benzene rings is 1. The Hall–Kier alpha value is -2.73. The number of H-pyrrole nitrogens is 1. The molecule has 2 aromatic heterocycles. The Balaban J connectivity index is 1.40. The molecule has 2 atom stereocenters. The van der Waals surface area contributed by atoms with Crippen LogP contribution in [0.2, 0.25) is 0 Å². The number of hydrogen-bond donors (Lipinski definition) is 1. The average Bonchev–Trinajstić information content (AvgIpc) is 3.33. The first kappa shape index (κ1) is 15.5. The minimum absolute atomic E-state index is 0.0278. The van der Waals surface area contributed by atoms with Gasteiger partial charge >= 0.3 is 0 Å². The SMILES string of the molecule is CN1CC2CN(C(=O)c3cccc(-c4nc5ccccc5[nH]4)n3)CC2C1. The van der Waals surface area contributed by atoms with Crippen LogP contribution < -0.4 is 0 Å². The van der Waals surface area contributed by atoms with Crippen molar-refractivity contribution in [3.05, 3.63) is 48.2 Å². The van der Waals surface area contributed by atoms with Crippen molar-refractivity contribution < 1.29 is 4.79 Å². The second-order valence-corrected chi connectivity index (χ2v) is 7.46. The van der Waals surface area contributed by atoms with Crippen LogP contribution in [-0.4, -0.2) is 63.9 Å². The number of carbonyl (C=O) groups excluding carboxylic acids is 1. The van der Waals surface area contributed by atoms with Crippen molar-refractivity contribution in [2.45, 2.75) is 0 Å². The number of rotatable bonds is 2. The first-order chi connectivity index (χ1) is 12.7. The number of hydrogen-bond acceptors (Lipinski definition) is 4. The Morgan fingerprint density at radius 3 is 2.54 bits per heavy atom. The van der Waals surface area contributed by atoms with Crippen molar-refractivity contribution in [1.82, 2.24) is 24.8 Å². The van der Waals surface area contributed by atoms with Gasteiger partial charge in [-0.1, -0.05) is 18.2 Å². The molecular formula is C20H21N5O. The summed E-state index contributed by atoms with van der Waals surface area (Å²) in [6.07, 6.45) is 0. The Bertz CT molecular complexity index is 934. The van der Waals surface area contributed by atoms with Crippen molar-refractivity contribution >= 4 is 16.9 Å². The van der Waals surface area contributed by atoms with Crippen LogP contribution in [0.15, 0.2) is 42.5 Å². The highest BCUT2D eigenvalue weighted by molar-refractivity contribution is 5.93. The lowest BCUT2D eigenvalue weighted by molar-refractivity contribution is 0.0770. The molecule has 2 aliphatic heterocycles. The van der Waals surface area contributed by atoms with Crippen molar-refractivity contribution in [3.8, 4) is 11.5 Å². The van der Waals surface area contributed by atoms with Gasteiger partial charge in [-0.25, -0.2) is 9.97 Å². The molecule has 0 spiro atoms. The highest BCUT2D eigenvalue weighted by Gasteiger charge is 2.40. The van der Waals surface area contributed by atoms with Crippen LogP contribution in [0.4, 0.5) is 0 Å². The van der Waals surface area contributed by atoms with Gasteiger partial charge in [-0.05, 0) is 43.1 Å². The van der Waals surface area contributed by atoms with Crippen LogP contribution in [0.25, 0.3) is 22.6 Å². The lowest BCUT2D eigenvalue weighted by atomic mass is 10.0. The highest BCUT2D eigenvalue weighted by atomic mass is 16.2. The molecule has 0 radical (unpaired) electrons. The maximum atomic E-state index is 12.9. The average molecular weight is 347 g/mol. The van der Waals surface area contributed by atoms with Crippen LogP contribution in [0.3, 0.4) is 0 Å². The highest BCUT2D eigenvalue weighted by Crippen LogP contribution is 2.31. The number of para-hydroxylation sites is 2. The zero-order valence-corrected chi connectivity index (χ0v) is 14.7. The number of carbonyl (C=O) groups is 1. The topological polar surface area (TPSA) is 65.1 Å². The number of aromatic nitrogens is 3. The van der Waals surface area contributed by atoms with E-state index >= 15 is 0 Å². The molecule has 1 N–H and O–H groups in total. The fourth-order valence-electron chi connectivity index (χ4n) is 4.32. The molecule has 0 aliphatic carbocycles. The van der Waals surface area contributed by atoms with Crippen LogP contribution in [0, 0.1) is 11.8 Å².